The van der Waals surface area contributed by atoms with E-state index in [4.69, 9.17) is 26.4 Å². The fraction of sp³-hybridized carbons (Fsp3) is 0.143. The van der Waals surface area contributed by atoms with Gasteiger partial charge in [0.25, 0.3) is 0 Å². The van der Waals surface area contributed by atoms with Crippen LogP contribution in [0.4, 0.5) is 0 Å². The molecule has 2 aromatic heterocycles. The molecular weight excluding hydrogens is 655 g/mol. The maximum absolute atomic E-state index is 6.74. The third-order valence-corrected chi connectivity index (χ3v) is 8.53. The first-order chi connectivity index (χ1) is 20.6. The largest absolute Gasteiger partial charge is 0.497 e. The van der Waals surface area contributed by atoms with Gasteiger partial charge in [-0.2, -0.15) is 5.10 Å². The van der Waals surface area contributed by atoms with E-state index in [1.54, 1.807) is 7.11 Å². The number of nitrogens with one attached hydrogen (secondary N) is 1. The number of methoxy groups -OCH3 is 1. The van der Waals surface area contributed by atoms with Crippen molar-refractivity contribution in [2.24, 2.45) is 0 Å². The summed E-state index contributed by atoms with van der Waals surface area (Å²) < 4.78 is 8.31. The molecular formula is C35H30ClIN4O. The molecule has 0 fully saturated rings. The van der Waals surface area contributed by atoms with Gasteiger partial charge in [0.05, 0.1) is 23.7 Å². The molecule has 0 saturated heterocycles. The van der Waals surface area contributed by atoms with Gasteiger partial charge < -0.3 is 10.1 Å². The summed E-state index contributed by atoms with van der Waals surface area (Å²) in [6.45, 7) is 1.50. The Hall–Kier alpha value is -3.72. The zero-order valence-electron chi connectivity index (χ0n) is 23.2. The van der Waals surface area contributed by atoms with Crippen LogP contribution in [0.2, 0.25) is 5.15 Å². The minimum Gasteiger partial charge on any atom is -0.497 e. The van der Waals surface area contributed by atoms with E-state index in [2.05, 4.69) is 118 Å². The summed E-state index contributed by atoms with van der Waals surface area (Å²) in [7, 11) is 1.68. The number of ether oxygens (including phenoxy) is 1. The van der Waals surface area contributed by atoms with Crippen LogP contribution in [-0.2, 0) is 18.5 Å². The summed E-state index contributed by atoms with van der Waals surface area (Å²) in [5.74, 6) is 0.855. The predicted molar refractivity (Wildman–Crippen MR) is 178 cm³/mol. The molecule has 2 heterocycles. The summed E-state index contributed by atoms with van der Waals surface area (Å²) in [6, 6.07) is 41.8. The van der Waals surface area contributed by atoms with Gasteiger partial charge in [-0.1, -0.05) is 115 Å². The Kier molecular flexibility index (Phi) is 8.55. The number of hydrogen-bond donors (Lipinski definition) is 1. The number of rotatable bonds is 10. The van der Waals surface area contributed by atoms with Crippen molar-refractivity contribution in [1.82, 2.24) is 20.1 Å². The minimum absolute atomic E-state index is 0.452. The highest BCUT2D eigenvalue weighted by Gasteiger charge is 2.41. The van der Waals surface area contributed by atoms with Crippen LogP contribution >= 0.6 is 34.2 Å². The smallest absolute Gasteiger partial charge is 0.138 e. The van der Waals surface area contributed by atoms with E-state index >= 15 is 0 Å². The SMILES string of the molecule is COc1ccc(CNCCc2nc(Cl)cc3c2c(I)nn3C(c2ccccc2)(c2ccccc2)c2ccccc2)cc1. The van der Waals surface area contributed by atoms with E-state index in [1.165, 1.54) is 5.56 Å². The third-order valence-electron chi connectivity index (χ3n) is 7.58. The van der Waals surface area contributed by atoms with Crippen molar-refractivity contribution in [3.63, 3.8) is 0 Å². The highest BCUT2D eigenvalue weighted by Crippen LogP contribution is 2.43. The molecule has 0 saturated carbocycles. The van der Waals surface area contributed by atoms with Gasteiger partial charge in [-0.25, -0.2) is 9.67 Å². The minimum atomic E-state index is -0.736. The molecule has 0 unspecified atom stereocenters. The van der Waals surface area contributed by atoms with Crippen LogP contribution in [0.5, 0.6) is 5.75 Å². The molecule has 0 aliphatic rings. The number of nitrogens with zero attached hydrogens (tertiary/aromatic N) is 3. The van der Waals surface area contributed by atoms with Gasteiger partial charge in [-0.05, 0) is 57.0 Å². The number of fused-ring (bicyclic) bond motifs is 1. The maximum Gasteiger partial charge on any atom is 0.138 e. The second-order valence-corrected chi connectivity index (χ2v) is 11.5. The molecule has 5 nitrogen and oxygen atoms in total. The first kappa shape index (κ1) is 28.4. The summed E-state index contributed by atoms with van der Waals surface area (Å²) >= 11 is 9.09. The summed E-state index contributed by atoms with van der Waals surface area (Å²) in [4.78, 5) is 4.79. The Morgan fingerprint density at radius 3 is 1.88 bits per heavy atom. The van der Waals surface area contributed by atoms with Crippen LogP contribution in [0.1, 0.15) is 27.9 Å². The first-order valence-corrected chi connectivity index (χ1v) is 15.3. The van der Waals surface area contributed by atoms with Crippen LogP contribution in [0.15, 0.2) is 121 Å². The van der Waals surface area contributed by atoms with Crippen LogP contribution in [0.25, 0.3) is 10.9 Å². The van der Waals surface area contributed by atoms with Gasteiger partial charge in [-0.15, -0.1) is 0 Å². The number of hydrogen-bond acceptors (Lipinski definition) is 4. The molecule has 7 heteroatoms. The molecule has 0 radical (unpaired) electrons. The molecule has 0 bridgehead atoms. The van der Waals surface area contributed by atoms with Crippen LogP contribution in [-0.4, -0.2) is 28.4 Å². The first-order valence-electron chi connectivity index (χ1n) is 13.9. The number of aromatic nitrogens is 3. The number of pyridine rings is 1. The Morgan fingerprint density at radius 2 is 1.36 bits per heavy atom. The summed E-state index contributed by atoms with van der Waals surface area (Å²) in [6.07, 6.45) is 0.712. The average Bonchev–Trinajstić information content (AvgIpc) is 3.37. The van der Waals surface area contributed by atoms with E-state index in [0.717, 1.165) is 55.8 Å². The quantitative estimate of drug-likeness (QED) is 0.0691. The maximum atomic E-state index is 6.74. The van der Waals surface area contributed by atoms with Crippen molar-refractivity contribution in [1.29, 1.82) is 0 Å². The van der Waals surface area contributed by atoms with Crippen molar-refractivity contribution in [2.75, 3.05) is 13.7 Å². The van der Waals surface area contributed by atoms with Gasteiger partial charge in [-0.3, -0.25) is 0 Å². The lowest BCUT2D eigenvalue weighted by Gasteiger charge is -2.37. The molecule has 210 valence electrons. The molecule has 0 aliphatic carbocycles. The fourth-order valence-electron chi connectivity index (χ4n) is 5.66. The van der Waals surface area contributed by atoms with Crippen molar-refractivity contribution in [3.8, 4) is 5.75 Å². The number of halogens is 2. The summed E-state index contributed by atoms with van der Waals surface area (Å²) in [5.41, 5.74) is 5.66. The molecule has 6 aromatic rings. The Labute approximate surface area is 264 Å². The van der Waals surface area contributed by atoms with Gasteiger partial charge >= 0.3 is 0 Å². The van der Waals surface area contributed by atoms with Crippen LogP contribution < -0.4 is 10.1 Å². The predicted octanol–water partition coefficient (Wildman–Crippen LogP) is 7.87. The number of benzene rings is 4. The monoisotopic (exact) mass is 684 g/mol. The van der Waals surface area contributed by atoms with E-state index in [0.29, 0.717) is 11.6 Å². The highest BCUT2D eigenvalue weighted by atomic mass is 127. The molecule has 6 rings (SSSR count). The summed E-state index contributed by atoms with van der Waals surface area (Å²) in [5, 5.41) is 10.3. The topological polar surface area (TPSA) is 52.0 Å². The highest BCUT2D eigenvalue weighted by molar-refractivity contribution is 14.1. The van der Waals surface area contributed by atoms with E-state index in [9.17, 15) is 0 Å². The lowest BCUT2D eigenvalue weighted by molar-refractivity contribution is 0.414. The van der Waals surface area contributed by atoms with Gasteiger partial charge in [0.1, 0.15) is 20.1 Å². The second kappa shape index (κ2) is 12.7. The van der Waals surface area contributed by atoms with E-state index in [-0.39, 0.29) is 0 Å². The zero-order valence-corrected chi connectivity index (χ0v) is 26.1. The van der Waals surface area contributed by atoms with E-state index in [1.807, 2.05) is 36.4 Å². The third kappa shape index (κ3) is 5.42. The lowest BCUT2D eigenvalue weighted by Crippen LogP contribution is -2.38. The molecule has 42 heavy (non-hydrogen) atoms. The van der Waals surface area contributed by atoms with Gasteiger partial charge in [0.15, 0.2) is 0 Å². The van der Waals surface area contributed by atoms with E-state index < -0.39 is 5.54 Å². The molecule has 0 atom stereocenters. The average molecular weight is 685 g/mol. The standard InChI is InChI=1S/C35H30ClIN4O/c1-42-29-19-17-25(18-20-29)24-38-22-21-30-33-31(23-32(36)39-30)41(40-34(33)37)35(26-11-5-2-6-12-26,27-13-7-3-8-14-27)28-15-9-4-10-16-28/h2-20,23,38H,21-22,24H2,1H3. The Bertz CT molecular complexity index is 1680. The normalized spacial score (nSPS) is 11.6. The molecule has 1 N–H and O–H groups in total. The zero-order chi connectivity index (χ0) is 28.9. The fourth-order valence-corrected chi connectivity index (χ4v) is 6.67. The molecule has 0 aliphatic heterocycles. The van der Waals surface area contributed by atoms with Crippen molar-refractivity contribution in [2.45, 2.75) is 18.5 Å². The molecule has 0 amide bonds. The van der Waals surface area contributed by atoms with Crippen molar-refractivity contribution < 1.29 is 4.74 Å². The Morgan fingerprint density at radius 1 is 0.810 bits per heavy atom. The van der Waals surface area contributed by atoms with Crippen molar-refractivity contribution in [3.05, 3.63) is 158 Å². The molecule has 0 spiro atoms. The lowest BCUT2D eigenvalue weighted by atomic mass is 9.77. The van der Waals surface area contributed by atoms with Gasteiger partial charge in [0.2, 0.25) is 0 Å². The second-order valence-electron chi connectivity index (χ2n) is 10.1. The van der Waals surface area contributed by atoms with Crippen LogP contribution in [0.3, 0.4) is 0 Å². The van der Waals surface area contributed by atoms with Crippen molar-refractivity contribution >= 4 is 45.1 Å². The Balaban J connectivity index is 1.46. The van der Waals surface area contributed by atoms with Crippen LogP contribution in [0, 0.1) is 3.70 Å². The molecule has 4 aromatic carbocycles. The van der Waals surface area contributed by atoms with Gasteiger partial charge in [0, 0.05) is 25.6 Å².